The second-order valence-corrected chi connectivity index (χ2v) is 5.26. The maximum Gasteiger partial charge on any atom is 0.335 e. The van der Waals surface area contributed by atoms with Crippen LogP contribution in [0.3, 0.4) is 0 Å². The van der Waals surface area contributed by atoms with Crippen molar-refractivity contribution in [2.45, 2.75) is 6.54 Å². The summed E-state index contributed by atoms with van der Waals surface area (Å²) in [5, 5.41) is 12.3. The Morgan fingerprint density at radius 3 is 2.17 bits per heavy atom. The standard InChI is InChI=1S/C20H17NO2/c22-20(23)16-10-12-18(13-11-16)21-14-17-8-4-5-9-19(17)15-6-2-1-3-7-15/h1-13,21H,14H2,(H,22,23). The Morgan fingerprint density at radius 1 is 0.826 bits per heavy atom. The molecule has 0 saturated heterocycles. The second kappa shape index (κ2) is 6.79. The van der Waals surface area contributed by atoms with Gasteiger partial charge < -0.3 is 10.4 Å². The van der Waals surface area contributed by atoms with Crippen molar-refractivity contribution in [3.05, 3.63) is 90.0 Å². The molecule has 0 aromatic heterocycles. The third-order valence-electron chi connectivity index (χ3n) is 3.72. The maximum absolute atomic E-state index is 10.9. The molecule has 3 aromatic rings. The molecule has 0 bridgehead atoms. The fraction of sp³-hybridized carbons (Fsp3) is 0.0500. The van der Waals surface area contributed by atoms with Gasteiger partial charge in [0.2, 0.25) is 0 Å². The molecule has 0 unspecified atom stereocenters. The maximum atomic E-state index is 10.9. The zero-order valence-electron chi connectivity index (χ0n) is 12.6. The van der Waals surface area contributed by atoms with Gasteiger partial charge in [-0.3, -0.25) is 0 Å². The van der Waals surface area contributed by atoms with Crippen molar-refractivity contribution < 1.29 is 9.90 Å². The topological polar surface area (TPSA) is 49.3 Å². The number of hydrogen-bond donors (Lipinski definition) is 2. The monoisotopic (exact) mass is 303 g/mol. The molecule has 0 spiro atoms. The molecule has 0 saturated carbocycles. The minimum atomic E-state index is -0.911. The van der Waals surface area contributed by atoms with Gasteiger partial charge in [-0.05, 0) is 41.0 Å². The molecule has 0 aliphatic heterocycles. The summed E-state index contributed by atoms with van der Waals surface area (Å²) in [7, 11) is 0. The summed E-state index contributed by atoms with van der Waals surface area (Å²) in [4.78, 5) is 10.9. The Labute approximate surface area is 135 Å². The van der Waals surface area contributed by atoms with E-state index in [1.807, 2.05) is 30.3 Å². The van der Waals surface area contributed by atoms with Crippen LogP contribution in [0, 0.1) is 0 Å². The van der Waals surface area contributed by atoms with Crippen molar-refractivity contribution in [1.82, 2.24) is 0 Å². The SMILES string of the molecule is O=C(O)c1ccc(NCc2ccccc2-c2ccccc2)cc1. The molecule has 2 N–H and O–H groups in total. The Balaban J connectivity index is 1.77. The molecule has 114 valence electrons. The lowest BCUT2D eigenvalue weighted by Crippen LogP contribution is -2.02. The number of benzene rings is 3. The highest BCUT2D eigenvalue weighted by atomic mass is 16.4. The second-order valence-electron chi connectivity index (χ2n) is 5.26. The number of anilines is 1. The van der Waals surface area contributed by atoms with E-state index in [1.54, 1.807) is 24.3 Å². The number of aromatic carboxylic acids is 1. The van der Waals surface area contributed by atoms with Gasteiger partial charge in [0, 0.05) is 12.2 Å². The lowest BCUT2D eigenvalue weighted by atomic mass is 10.00. The highest BCUT2D eigenvalue weighted by Gasteiger charge is 2.05. The van der Waals surface area contributed by atoms with E-state index in [2.05, 4.69) is 29.6 Å². The van der Waals surface area contributed by atoms with E-state index in [0.29, 0.717) is 12.1 Å². The summed E-state index contributed by atoms with van der Waals surface area (Å²) < 4.78 is 0. The summed E-state index contributed by atoms with van der Waals surface area (Å²) in [6, 6.07) is 25.3. The van der Waals surface area contributed by atoms with Gasteiger partial charge in [0.25, 0.3) is 0 Å². The molecular formula is C20H17NO2. The van der Waals surface area contributed by atoms with Crippen molar-refractivity contribution in [1.29, 1.82) is 0 Å². The number of nitrogens with one attached hydrogen (secondary N) is 1. The van der Waals surface area contributed by atoms with Crippen LogP contribution in [-0.2, 0) is 6.54 Å². The van der Waals surface area contributed by atoms with Crippen molar-refractivity contribution in [2.24, 2.45) is 0 Å². The average Bonchev–Trinajstić information content (AvgIpc) is 2.61. The molecular weight excluding hydrogens is 286 g/mol. The molecule has 0 amide bonds. The highest BCUT2D eigenvalue weighted by molar-refractivity contribution is 5.88. The molecule has 0 heterocycles. The fourth-order valence-electron chi connectivity index (χ4n) is 2.50. The number of carboxylic acid groups (broad SMARTS) is 1. The van der Waals surface area contributed by atoms with Crippen LogP contribution in [-0.4, -0.2) is 11.1 Å². The minimum absolute atomic E-state index is 0.292. The third-order valence-corrected chi connectivity index (χ3v) is 3.72. The van der Waals surface area contributed by atoms with Crippen LogP contribution in [0.15, 0.2) is 78.9 Å². The molecule has 3 nitrogen and oxygen atoms in total. The Kier molecular flexibility index (Phi) is 4.39. The van der Waals surface area contributed by atoms with Crippen LogP contribution >= 0.6 is 0 Å². The van der Waals surface area contributed by atoms with E-state index in [4.69, 9.17) is 5.11 Å². The quantitative estimate of drug-likeness (QED) is 0.720. The van der Waals surface area contributed by atoms with Gasteiger partial charge in [-0.25, -0.2) is 4.79 Å². The first-order valence-corrected chi connectivity index (χ1v) is 7.44. The van der Waals surface area contributed by atoms with Gasteiger partial charge in [-0.1, -0.05) is 54.6 Å². The largest absolute Gasteiger partial charge is 0.478 e. The van der Waals surface area contributed by atoms with Gasteiger partial charge in [0.1, 0.15) is 0 Å². The smallest absolute Gasteiger partial charge is 0.335 e. The van der Waals surface area contributed by atoms with E-state index < -0.39 is 5.97 Å². The zero-order chi connectivity index (χ0) is 16.1. The molecule has 3 aromatic carbocycles. The van der Waals surface area contributed by atoms with Crippen molar-refractivity contribution in [3.63, 3.8) is 0 Å². The normalized spacial score (nSPS) is 10.3. The lowest BCUT2D eigenvalue weighted by molar-refractivity contribution is 0.0697. The number of carbonyl (C=O) groups is 1. The summed E-state index contributed by atoms with van der Waals surface area (Å²) in [6.07, 6.45) is 0. The summed E-state index contributed by atoms with van der Waals surface area (Å²) in [5.74, 6) is -0.911. The predicted octanol–water partition coefficient (Wildman–Crippen LogP) is 4.66. The number of rotatable bonds is 5. The van der Waals surface area contributed by atoms with Crippen LogP contribution < -0.4 is 5.32 Å². The first-order valence-electron chi connectivity index (χ1n) is 7.44. The van der Waals surface area contributed by atoms with E-state index in [1.165, 1.54) is 16.7 Å². The highest BCUT2D eigenvalue weighted by Crippen LogP contribution is 2.24. The minimum Gasteiger partial charge on any atom is -0.478 e. The Morgan fingerprint density at radius 2 is 1.48 bits per heavy atom. The van der Waals surface area contributed by atoms with Crippen LogP contribution in [0.5, 0.6) is 0 Å². The van der Waals surface area contributed by atoms with E-state index >= 15 is 0 Å². The van der Waals surface area contributed by atoms with E-state index in [-0.39, 0.29) is 0 Å². The molecule has 0 aliphatic carbocycles. The van der Waals surface area contributed by atoms with Crippen LogP contribution in [0.2, 0.25) is 0 Å². The molecule has 3 rings (SSSR count). The fourth-order valence-corrected chi connectivity index (χ4v) is 2.50. The third kappa shape index (κ3) is 3.58. The van der Waals surface area contributed by atoms with E-state index in [0.717, 1.165) is 5.69 Å². The van der Waals surface area contributed by atoms with Crippen LogP contribution in [0.4, 0.5) is 5.69 Å². The van der Waals surface area contributed by atoms with Gasteiger partial charge in [0.05, 0.1) is 5.56 Å². The molecule has 3 heteroatoms. The Bertz CT molecular complexity index is 795. The molecule has 0 radical (unpaired) electrons. The van der Waals surface area contributed by atoms with E-state index in [9.17, 15) is 4.79 Å². The van der Waals surface area contributed by atoms with Crippen molar-refractivity contribution in [3.8, 4) is 11.1 Å². The summed E-state index contributed by atoms with van der Waals surface area (Å²) >= 11 is 0. The molecule has 0 fully saturated rings. The zero-order valence-corrected chi connectivity index (χ0v) is 12.6. The number of hydrogen-bond acceptors (Lipinski definition) is 2. The lowest BCUT2D eigenvalue weighted by Gasteiger charge is -2.12. The van der Waals surface area contributed by atoms with Crippen molar-refractivity contribution in [2.75, 3.05) is 5.32 Å². The Hall–Kier alpha value is -3.07. The van der Waals surface area contributed by atoms with Gasteiger partial charge in [-0.2, -0.15) is 0 Å². The molecule has 0 aliphatic rings. The van der Waals surface area contributed by atoms with Gasteiger partial charge in [0.15, 0.2) is 0 Å². The summed E-state index contributed by atoms with van der Waals surface area (Å²) in [5.41, 5.74) is 4.77. The first-order chi connectivity index (χ1) is 11.2. The van der Waals surface area contributed by atoms with Crippen LogP contribution in [0.1, 0.15) is 15.9 Å². The van der Waals surface area contributed by atoms with Gasteiger partial charge >= 0.3 is 5.97 Å². The molecule has 0 atom stereocenters. The van der Waals surface area contributed by atoms with Crippen molar-refractivity contribution >= 4 is 11.7 Å². The van der Waals surface area contributed by atoms with Gasteiger partial charge in [-0.15, -0.1) is 0 Å². The van der Waals surface area contributed by atoms with Crippen LogP contribution in [0.25, 0.3) is 11.1 Å². The predicted molar refractivity (Wildman–Crippen MR) is 92.6 cm³/mol. The molecule has 23 heavy (non-hydrogen) atoms. The number of carboxylic acids is 1. The average molecular weight is 303 g/mol. The first kappa shape index (κ1) is 14.9. The summed E-state index contributed by atoms with van der Waals surface area (Å²) in [6.45, 7) is 0.678.